The highest BCUT2D eigenvalue weighted by Gasteiger charge is 2.15. The smallest absolute Gasteiger partial charge is 0.189 e. The summed E-state index contributed by atoms with van der Waals surface area (Å²) < 4.78 is 1.86. The Morgan fingerprint density at radius 3 is 2.84 bits per heavy atom. The van der Waals surface area contributed by atoms with E-state index in [1.807, 2.05) is 24.6 Å². The Hall–Kier alpha value is -2.17. The minimum absolute atomic E-state index is 0.0737. The second-order valence-corrected chi connectivity index (χ2v) is 4.34. The van der Waals surface area contributed by atoms with E-state index in [0.29, 0.717) is 11.4 Å². The zero-order valence-electron chi connectivity index (χ0n) is 11.3. The first-order valence-electron chi connectivity index (χ1n) is 6.45. The number of aryl methyl sites for hydroxylation is 2. The van der Waals surface area contributed by atoms with Crippen molar-refractivity contribution in [2.75, 3.05) is 5.73 Å². The van der Waals surface area contributed by atoms with Crippen LogP contribution >= 0.6 is 0 Å². The third kappa shape index (κ3) is 2.81. The molecule has 19 heavy (non-hydrogen) atoms. The van der Waals surface area contributed by atoms with Gasteiger partial charge in [0.2, 0.25) is 0 Å². The first-order valence-corrected chi connectivity index (χ1v) is 6.45. The number of nitrogens with zero attached hydrogens (tertiary/aromatic N) is 3. The summed E-state index contributed by atoms with van der Waals surface area (Å²) in [6, 6.07) is 5.38. The summed E-state index contributed by atoms with van der Waals surface area (Å²) >= 11 is 0. The van der Waals surface area contributed by atoms with E-state index in [9.17, 15) is 4.79 Å². The van der Waals surface area contributed by atoms with Gasteiger partial charge in [-0.2, -0.15) is 5.10 Å². The molecule has 0 amide bonds. The molecular weight excluding hydrogens is 240 g/mol. The molecule has 2 N–H and O–H groups in total. The van der Waals surface area contributed by atoms with Gasteiger partial charge in [-0.05, 0) is 31.5 Å². The van der Waals surface area contributed by atoms with Crippen LogP contribution in [0.25, 0.3) is 0 Å². The van der Waals surface area contributed by atoms with E-state index in [-0.39, 0.29) is 12.2 Å². The van der Waals surface area contributed by atoms with Crippen molar-refractivity contribution < 1.29 is 4.79 Å². The Labute approximate surface area is 112 Å². The van der Waals surface area contributed by atoms with Gasteiger partial charge < -0.3 is 5.73 Å². The summed E-state index contributed by atoms with van der Waals surface area (Å²) in [6.45, 7) is 4.81. The molecule has 0 aliphatic heterocycles. The van der Waals surface area contributed by atoms with Gasteiger partial charge in [-0.25, -0.2) is 0 Å². The highest BCUT2D eigenvalue weighted by molar-refractivity contribution is 5.99. The molecule has 0 bridgehead atoms. The van der Waals surface area contributed by atoms with Gasteiger partial charge in [-0.15, -0.1) is 0 Å². The van der Waals surface area contributed by atoms with Gasteiger partial charge in [-0.3, -0.25) is 14.5 Å². The molecule has 2 aromatic rings. The second-order valence-electron chi connectivity index (χ2n) is 4.34. The summed E-state index contributed by atoms with van der Waals surface area (Å²) in [5, 5.41) is 4.43. The number of anilines is 1. The first-order chi connectivity index (χ1) is 9.15. The van der Waals surface area contributed by atoms with Crippen LogP contribution in [-0.4, -0.2) is 20.5 Å². The van der Waals surface area contributed by atoms with Crippen molar-refractivity contribution in [1.29, 1.82) is 0 Å². The molecule has 0 aromatic carbocycles. The maximum absolute atomic E-state index is 12.2. The number of rotatable bonds is 5. The highest BCUT2D eigenvalue weighted by atomic mass is 16.1. The minimum Gasteiger partial charge on any atom is -0.397 e. The number of nitrogen functional groups attached to an aromatic ring is 1. The van der Waals surface area contributed by atoms with Crippen LogP contribution in [0.4, 0.5) is 5.69 Å². The lowest BCUT2D eigenvalue weighted by molar-refractivity contribution is 0.0986. The van der Waals surface area contributed by atoms with Crippen molar-refractivity contribution >= 4 is 11.5 Å². The molecule has 0 saturated carbocycles. The van der Waals surface area contributed by atoms with Crippen LogP contribution in [0.5, 0.6) is 0 Å². The molecule has 2 aromatic heterocycles. The normalized spacial score (nSPS) is 10.6. The van der Waals surface area contributed by atoms with Gasteiger partial charge in [0.15, 0.2) is 5.78 Å². The van der Waals surface area contributed by atoms with Crippen LogP contribution in [-0.2, 0) is 19.4 Å². The fourth-order valence-corrected chi connectivity index (χ4v) is 2.00. The second kappa shape index (κ2) is 5.65. The number of carbonyl (C=O) groups excluding carboxylic acids is 1. The Morgan fingerprint density at radius 1 is 1.42 bits per heavy atom. The monoisotopic (exact) mass is 258 g/mol. The zero-order chi connectivity index (χ0) is 13.8. The Kier molecular flexibility index (Phi) is 3.94. The maximum atomic E-state index is 12.2. The molecule has 2 rings (SSSR count). The summed E-state index contributed by atoms with van der Waals surface area (Å²) in [7, 11) is 0. The Balaban J connectivity index is 2.24. The van der Waals surface area contributed by atoms with Crippen LogP contribution in [0.15, 0.2) is 24.4 Å². The molecule has 0 radical (unpaired) electrons. The predicted molar refractivity (Wildman–Crippen MR) is 74.0 cm³/mol. The van der Waals surface area contributed by atoms with Gasteiger partial charge in [0.1, 0.15) is 5.69 Å². The Bertz CT molecular complexity index is 589. The van der Waals surface area contributed by atoms with Crippen LogP contribution in [0.2, 0.25) is 0 Å². The van der Waals surface area contributed by atoms with Crippen LogP contribution < -0.4 is 5.73 Å². The van der Waals surface area contributed by atoms with Gasteiger partial charge in [-0.1, -0.05) is 6.92 Å². The van der Waals surface area contributed by atoms with Gasteiger partial charge >= 0.3 is 0 Å². The summed E-state index contributed by atoms with van der Waals surface area (Å²) in [4.78, 5) is 16.3. The molecule has 0 atom stereocenters. The average molecular weight is 258 g/mol. The van der Waals surface area contributed by atoms with E-state index in [4.69, 9.17) is 5.73 Å². The molecule has 2 heterocycles. The number of hydrogen-bond acceptors (Lipinski definition) is 4. The van der Waals surface area contributed by atoms with Crippen molar-refractivity contribution in [3.8, 4) is 0 Å². The Morgan fingerprint density at radius 2 is 2.21 bits per heavy atom. The number of carbonyl (C=O) groups is 1. The molecule has 0 aliphatic carbocycles. The molecule has 0 saturated heterocycles. The zero-order valence-corrected chi connectivity index (χ0v) is 11.3. The van der Waals surface area contributed by atoms with Crippen LogP contribution in [0, 0.1) is 0 Å². The van der Waals surface area contributed by atoms with E-state index < -0.39 is 0 Å². The van der Waals surface area contributed by atoms with Crippen molar-refractivity contribution in [2.45, 2.75) is 33.2 Å². The van der Waals surface area contributed by atoms with E-state index in [1.165, 1.54) is 0 Å². The van der Waals surface area contributed by atoms with E-state index in [2.05, 4.69) is 10.1 Å². The van der Waals surface area contributed by atoms with Gasteiger partial charge in [0.25, 0.3) is 0 Å². The first kappa shape index (κ1) is 13.3. The number of pyridine rings is 1. The highest BCUT2D eigenvalue weighted by Crippen LogP contribution is 2.13. The summed E-state index contributed by atoms with van der Waals surface area (Å²) in [5.41, 5.74) is 8.44. The number of hydrogen-bond donors (Lipinski definition) is 1. The molecule has 0 aliphatic rings. The standard InChI is InChI=1S/C14H18N4O/c1-3-10-8-11(18(4-2)17-10)9-13(19)14-12(15)6-5-7-16-14/h5-8H,3-4,9,15H2,1-2H3. The van der Waals surface area contributed by atoms with Crippen molar-refractivity contribution in [3.63, 3.8) is 0 Å². The number of nitrogens with two attached hydrogens (primary N) is 1. The number of ketones is 1. The summed E-state index contributed by atoms with van der Waals surface area (Å²) in [5.74, 6) is -0.0737. The van der Waals surface area contributed by atoms with Crippen LogP contribution in [0.3, 0.4) is 0 Å². The minimum atomic E-state index is -0.0737. The molecule has 5 heteroatoms. The quantitative estimate of drug-likeness (QED) is 0.831. The molecule has 0 spiro atoms. The van der Waals surface area contributed by atoms with Gasteiger partial charge in [0, 0.05) is 18.4 Å². The average Bonchev–Trinajstić information content (AvgIpc) is 2.81. The largest absolute Gasteiger partial charge is 0.397 e. The maximum Gasteiger partial charge on any atom is 0.189 e. The van der Waals surface area contributed by atoms with E-state index in [0.717, 1.165) is 24.4 Å². The fraction of sp³-hybridized carbons (Fsp3) is 0.357. The summed E-state index contributed by atoms with van der Waals surface area (Å²) in [6.07, 6.45) is 2.72. The van der Waals surface area contributed by atoms with Crippen molar-refractivity contribution in [2.24, 2.45) is 0 Å². The lowest BCUT2D eigenvalue weighted by Crippen LogP contribution is -2.12. The van der Waals surface area contributed by atoms with E-state index in [1.54, 1.807) is 18.3 Å². The third-order valence-electron chi connectivity index (χ3n) is 3.02. The molecule has 100 valence electrons. The van der Waals surface area contributed by atoms with Gasteiger partial charge in [0.05, 0.1) is 17.8 Å². The van der Waals surface area contributed by atoms with Crippen LogP contribution in [0.1, 0.15) is 35.7 Å². The van der Waals surface area contributed by atoms with Crippen molar-refractivity contribution in [3.05, 3.63) is 41.5 Å². The molecule has 0 unspecified atom stereocenters. The fourth-order valence-electron chi connectivity index (χ4n) is 2.00. The lowest BCUT2D eigenvalue weighted by Gasteiger charge is -2.05. The topological polar surface area (TPSA) is 73.8 Å². The number of aromatic nitrogens is 3. The van der Waals surface area contributed by atoms with Crippen molar-refractivity contribution in [1.82, 2.24) is 14.8 Å². The molecule has 5 nitrogen and oxygen atoms in total. The lowest BCUT2D eigenvalue weighted by atomic mass is 10.1. The molecule has 0 fully saturated rings. The SMILES string of the molecule is CCc1cc(CC(=O)c2ncccc2N)n(CC)n1. The van der Waals surface area contributed by atoms with E-state index >= 15 is 0 Å². The molecular formula is C14H18N4O. The third-order valence-corrected chi connectivity index (χ3v) is 3.02. The number of Topliss-reactive ketones (excluding diaryl/α,β-unsaturated/α-hetero) is 1. The predicted octanol–water partition coefficient (Wildman–Crippen LogP) is 1.87.